The molecule has 0 aliphatic rings. The molecule has 104 valence electrons. The number of nitrogens with two attached hydrogens (primary N) is 1. The smallest absolute Gasteiger partial charge is 0.273 e. The van der Waals surface area contributed by atoms with Crippen LogP contribution in [-0.4, -0.2) is 4.92 Å². The van der Waals surface area contributed by atoms with Crippen LogP contribution in [-0.2, 0) is 0 Å². The highest BCUT2D eigenvalue weighted by atomic mass is 19.1. The van der Waals surface area contributed by atoms with Crippen molar-refractivity contribution in [1.29, 1.82) is 0 Å². The zero-order valence-corrected chi connectivity index (χ0v) is 10.7. The minimum Gasteiger partial charge on any atom is -0.454 e. The topological polar surface area (TPSA) is 78.4 Å². The number of halogens is 1. The molecule has 2 aromatic carbocycles. The molecule has 0 amide bonds. The summed E-state index contributed by atoms with van der Waals surface area (Å²) in [4.78, 5) is 10.1. The van der Waals surface area contributed by atoms with Gasteiger partial charge in [0.25, 0.3) is 5.69 Å². The molecule has 0 spiro atoms. The van der Waals surface area contributed by atoms with Gasteiger partial charge >= 0.3 is 0 Å². The second-order valence-corrected chi connectivity index (χ2v) is 4.34. The Morgan fingerprint density at radius 2 is 2.05 bits per heavy atom. The first kappa shape index (κ1) is 14.0. The third-order valence-corrected chi connectivity index (χ3v) is 2.74. The van der Waals surface area contributed by atoms with Gasteiger partial charge in [0.05, 0.1) is 11.0 Å². The van der Waals surface area contributed by atoms with Crippen LogP contribution in [0.15, 0.2) is 42.5 Å². The van der Waals surface area contributed by atoms with Crippen molar-refractivity contribution in [3.05, 3.63) is 64.0 Å². The van der Waals surface area contributed by atoms with Gasteiger partial charge in [-0.1, -0.05) is 12.1 Å². The minimum atomic E-state index is -0.564. The maximum atomic E-state index is 13.8. The SMILES string of the molecule is CC(N)c1ccc(Oc2cccc([N+](=O)[O-])c2)c(F)c1. The quantitative estimate of drug-likeness (QED) is 0.684. The first-order valence-electron chi connectivity index (χ1n) is 5.94. The van der Waals surface area contributed by atoms with Crippen molar-refractivity contribution in [1.82, 2.24) is 0 Å². The van der Waals surface area contributed by atoms with Gasteiger partial charge in [-0.25, -0.2) is 4.39 Å². The normalized spacial score (nSPS) is 11.9. The number of nitro groups is 1. The standard InChI is InChI=1S/C14H13FN2O3/c1-9(16)10-5-6-14(13(15)7-10)20-12-4-2-3-11(8-12)17(18)19/h2-9H,16H2,1H3. The molecule has 0 aliphatic heterocycles. The Morgan fingerprint density at radius 1 is 1.30 bits per heavy atom. The molecule has 6 heteroatoms. The zero-order valence-electron chi connectivity index (χ0n) is 10.7. The summed E-state index contributed by atoms with van der Waals surface area (Å²) in [6.07, 6.45) is 0. The van der Waals surface area contributed by atoms with E-state index in [1.807, 2.05) is 0 Å². The Morgan fingerprint density at radius 3 is 2.65 bits per heavy atom. The Kier molecular flexibility index (Phi) is 3.95. The molecule has 2 rings (SSSR count). The Bertz CT molecular complexity index is 644. The van der Waals surface area contributed by atoms with Crippen molar-refractivity contribution in [2.24, 2.45) is 5.73 Å². The van der Waals surface area contributed by atoms with Crippen molar-refractivity contribution < 1.29 is 14.1 Å². The van der Waals surface area contributed by atoms with Crippen LogP contribution in [0.4, 0.5) is 10.1 Å². The Labute approximate surface area is 114 Å². The van der Waals surface area contributed by atoms with E-state index in [4.69, 9.17) is 10.5 Å². The molecule has 1 atom stereocenters. The Hall–Kier alpha value is -2.47. The molecule has 2 aromatic rings. The number of nitrogens with zero attached hydrogens (tertiary/aromatic N) is 1. The van der Waals surface area contributed by atoms with Gasteiger partial charge in [-0.2, -0.15) is 0 Å². The van der Waals surface area contributed by atoms with Crippen LogP contribution in [0.2, 0.25) is 0 Å². The van der Waals surface area contributed by atoms with E-state index < -0.39 is 10.7 Å². The number of hydrogen-bond acceptors (Lipinski definition) is 4. The van der Waals surface area contributed by atoms with Crippen LogP contribution in [0, 0.1) is 15.9 Å². The fourth-order valence-electron chi connectivity index (χ4n) is 1.67. The van der Waals surface area contributed by atoms with Crippen LogP contribution >= 0.6 is 0 Å². The average molecular weight is 276 g/mol. The molecule has 0 saturated heterocycles. The third-order valence-electron chi connectivity index (χ3n) is 2.74. The predicted molar refractivity (Wildman–Crippen MR) is 72.2 cm³/mol. The average Bonchev–Trinajstić information content (AvgIpc) is 2.41. The molecule has 0 heterocycles. The number of ether oxygens (including phenoxy) is 1. The van der Waals surface area contributed by atoms with Gasteiger partial charge in [0.15, 0.2) is 11.6 Å². The lowest BCUT2D eigenvalue weighted by Gasteiger charge is -2.10. The highest BCUT2D eigenvalue weighted by molar-refractivity contribution is 5.41. The molecule has 0 aromatic heterocycles. The summed E-state index contributed by atoms with van der Waals surface area (Å²) in [7, 11) is 0. The highest BCUT2D eigenvalue weighted by Crippen LogP contribution is 2.28. The predicted octanol–water partition coefficient (Wildman–Crippen LogP) is 3.55. The van der Waals surface area contributed by atoms with Crippen LogP contribution in [0.5, 0.6) is 11.5 Å². The summed E-state index contributed by atoms with van der Waals surface area (Å²) >= 11 is 0. The van der Waals surface area contributed by atoms with E-state index in [-0.39, 0.29) is 23.2 Å². The van der Waals surface area contributed by atoms with Crippen LogP contribution in [0.3, 0.4) is 0 Å². The van der Waals surface area contributed by atoms with Gasteiger partial charge < -0.3 is 10.5 Å². The highest BCUT2D eigenvalue weighted by Gasteiger charge is 2.11. The number of rotatable bonds is 4. The van der Waals surface area contributed by atoms with Gasteiger partial charge in [-0.3, -0.25) is 10.1 Å². The molecule has 0 fully saturated rings. The molecule has 0 radical (unpaired) electrons. The summed E-state index contributed by atoms with van der Waals surface area (Å²) in [5.74, 6) is -0.368. The van der Waals surface area contributed by atoms with E-state index in [1.54, 1.807) is 13.0 Å². The second-order valence-electron chi connectivity index (χ2n) is 4.34. The lowest BCUT2D eigenvalue weighted by atomic mass is 10.1. The second kappa shape index (κ2) is 5.66. The Balaban J connectivity index is 2.26. The number of hydrogen-bond donors (Lipinski definition) is 1. The van der Waals surface area contributed by atoms with Crippen molar-refractivity contribution in [2.45, 2.75) is 13.0 Å². The molecule has 0 aliphatic carbocycles. The monoisotopic (exact) mass is 276 g/mol. The van der Waals surface area contributed by atoms with Gasteiger partial charge in [-0.15, -0.1) is 0 Å². The lowest BCUT2D eigenvalue weighted by Crippen LogP contribution is -2.05. The third kappa shape index (κ3) is 3.10. The van der Waals surface area contributed by atoms with Crippen LogP contribution in [0.1, 0.15) is 18.5 Å². The molecular weight excluding hydrogens is 263 g/mol. The summed E-state index contributed by atoms with van der Waals surface area (Å²) < 4.78 is 19.2. The fourth-order valence-corrected chi connectivity index (χ4v) is 1.67. The maximum absolute atomic E-state index is 13.8. The first-order chi connectivity index (χ1) is 9.47. The zero-order chi connectivity index (χ0) is 14.7. The van der Waals surface area contributed by atoms with Gasteiger partial charge in [0.2, 0.25) is 0 Å². The molecule has 0 saturated carbocycles. The number of benzene rings is 2. The van der Waals surface area contributed by atoms with E-state index in [0.717, 1.165) is 0 Å². The molecule has 0 bridgehead atoms. The lowest BCUT2D eigenvalue weighted by molar-refractivity contribution is -0.384. The fraction of sp³-hybridized carbons (Fsp3) is 0.143. The first-order valence-corrected chi connectivity index (χ1v) is 5.94. The molecule has 20 heavy (non-hydrogen) atoms. The van der Waals surface area contributed by atoms with Crippen molar-refractivity contribution in [3.63, 3.8) is 0 Å². The minimum absolute atomic E-state index is 0.00472. The largest absolute Gasteiger partial charge is 0.454 e. The molecule has 1 unspecified atom stereocenters. The van der Waals surface area contributed by atoms with E-state index in [0.29, 0.717) is 5.56 Å². The summed E-state index contributed by atoms with van der Waals surface area (Å²) in [5.41, 5.74) is 6.19. The summed E-state index contributed by atoms with van der Waals surface area (Å²) in [6, 6.07) is 9.68. The van der Waals surface area contributed by atoms with Crippen LogP contribution in [0.25, 0.3) is 0 Å². The van der Waals surface area contributed by atoms with Crippen molar-refractivity contribution in [2.75, 3.05) is 0 Å². The number of non-ortho nitro benzene ring substituents is 1. The van der Waals surface area contributed by atoms with Crippen molar-refractivity contribution >= 4 is 5.69 Å². The van der Waals surface area contributed by atoms with Gasteiger partial charge in [0, 0.05) is 12.1 Å². The summed E-state index contributed by atoms with van der Waals surface area (Å²) in [6.45, 7) is 1.75. The van der Waals surface area contributed by atoms with Gasteiger partial charge in [0.1, 0.15) is 5.75 Å². The number of nitro benzene ring substituents is 1. The van der Waals surface area contributed by atoms with Crippen LogP contribution < -0.4 is 10.5 Å². The van der Waals surface area contributed by atoms with E-state index in [2.05, 4.69) is 0 Å². The van der Waals surface area contributed by atoms with Crippen molar-refractivity contribution in [3.8, 4) is 11.5 Å². The van der Waals surface area contributed by atoms with Gasteiger partial charge in [-0.05, 0) is 30.7 Å². The van der Waals surface area contributed by atoms with E-state index in [1.165, 1.54) is 36.4 Å². The maximum Gasteiger partial charge on any atom is 0.273 e. The molecular formula is C14H13FN2O3. The molecule has 5 nitrogen and oxygen atoms in total. The summed E-state index contributed by atoms with van der Waals surface area (Å²) in [5, 5.41) is 10.7. The van der Waals surface area contributed by atoms with E-state index >= 15 is 0 Å². The molecule has 2 N–H and O–H groups in total. The van der Waals surface area contributed by atoms with E-state index in [9.17, 15) is 14.5 Å².